The molecular weight excluding hydrogens is 310 g/mol. The fourth-order valence-corrected chi connectivity index (χ4v) is 3.00. The monoisotopic (exact) mass is 333 g/mol. The number of nitrogens with one attached hydrogen (secondary N) is 1. The van der Waals surface area contributed by atoms with Gasteiger partial charge < -0.3 is 10.4 Å². The van der Waals surface area contributed by atoms with Gasteiger partial charge in [0.05, 0.1) is 17.8 Å². The number of carbonyl (C=O) groups is 1. The maximum atomic E-state index is 12.1. The Labute approximate surface area is 141 Å². The highest BCUT2D eigenvalue weighted by Crippen LogP contribution is 2.24. The summed E-state index contributed by atoms with van der Waals surface area (Å²) < 4.78 is 0. The molecule has 1 aromatic heterocycles. The van der Waals surface area contributed by atoms with Crippen molar-refractivity contribution >= 4 is 22.4 Å². The third-order valence-corrected chi connectivity index (χ3v) is 4.00. The molecule has 0 aliphatic rings. The number of anilines is 1. The van der Waals surface area contributed by atoms with E-state index in [1.807, 2.05) is 47.5 Å². The first-order valence-electron chi connectivity index (χ1n) is 7.63. The van der Waals surface area contributed by atoms with Crippen LogP contribution < -0.4 is 5.32 Å². The quantitative estimate of drug-likeness (QED) is 0.818. The van der Waals surface area contributed by atoms with Crippen LogP contribution in [-0.4, -0.2) is 46.1 Å². The van der Waals surface area contributed by atoms with Gasteiger partial charge in [0.2, 0.25) is 5.91 Å². The summed E-state index contributed by atoms with van der Waals surface area (Å²) in [4.78, 5) is 18.5. The average molecular weight is 333 g/mol. The van der Waals surface area contributed by atoms with E-state index in [-0.39, 0.29) is 12.5 Å². The number of amides is 1. The molecule has 0 unspecified atom stereocenters. The van der Waals surface area contributed by atoms with E-state index in [4.69, 9.17) is 0 Å². The first-order valence-corrected chi connectivity index (χ1v) is 8.51. The number of hydrogen-bond acceptors (Lipinski definition) is 5. The van der Waals surface area contributed by atoms with Crippen LogP contribution in [0.2, 0.25) is 0 Å². The van der Waals surface area contributed by atoms with Gasteiger partial charge in [-0.05, 0) is 20.4 Å². The zero-order valence-electron chi connectivity index (χ0n) is 13.7. The van der Waals surface area contributed by atoms with Gasteiger partial charge in [-0.1, -0.05) is 37.3 Å². The van der Waals surface area contributed by atoms with Gasteiger partial charge in [-0.3, -0.25) is 9.69 Å². The molecule has 2 N–H and O–H groups in total. The summed E-state index contributed by atoms with van der Waals surface area (Å²) in [5, 5.41) is 15.2. The SMILES string of the molecule is CCN(CC(=O)Nc1nc(-c2ccccc2)cs1)CC(C)(C)O. The van der Waals surface area contributed by atoms with E-state index in [1.165, 1.54) is 11.3 Å². The minimum Gasteiger partial charge on any atom is -0.389 e. The summed E-state index contributed by atoms with van der Waals surface area (Å²) in [6.45, 7) is 6.83. The van der Waals surface area contributed by atoms with Crippen LogP contribution in [0.3, 0.4) is 0 Å². The molecule has 0 spiro atoms. The van der Waals surface area contributed by atoms with Crippen LogP contribution in [0.1, 0.15) is 20.8 Å². The number of rotatable bonds is 7. The molecule has 0 radical (unpaired) electrons. The molecule has 0 saturated heterocycles. The van der Waals surface area contributed by atoms with Crippen LogP contribution in [0.15, 0.2) is 35.7 Å². The van der Waals surface area contributed by atoms with Crippen LogP contribution in [0.4, 0.5) is 5.13 Å². The van der Waals surface area contributed by atoms with Gasteiger partial charge in [-0.2, -0.15) is 0 Å². The van der Waals surface area contributed by atoms with Gasteiger partial charge in [0.1, 0.15) is 0 Å². The van der Waals surface area contributed by atoms with E-state index in [0.29, 0.717) is 18.2 Å². The molecule has 5 nitrogen and oxygen atoms in total. The predicted molar refractivity (Wildman–Crippen MR) is 94.6 cm³/mol. The second kappa shape index (κ2) is 7.68. The number of benzene rings is 1. The standard InChI is InChI=1S/C17H23N3O2S/c1-4-20(12-17(2,3)22)10-15(21)19-16-18-14(11-23-16)13-8-6-5-7-9-13/h5-9,11,22H,4,10,12H2,1-3H3,(H,18,19,21). The zero-order chi connectivity index (χ0) is 16.9. The number of hydrogen-bond donors (Lipinski definition) is 2. The number of aromatic nitrogens is 1. The zero-order valence-corrected chi connectivity index (χ0v) is 14.6. The van der Waals surface area contributed by atoms with Crippen molar-refractivity contribution in [3.63, 3.8) is 0 Å². The van der Waals surface area contributed by atoms with Gasteiger partial charge in [-0.25, -0.2) is 4.98 Å². The fourth-order valence-electron chi connectivity index (χ4n) is 2.26. The number of aliphatic hydroxyl groups is 1. The van der Waals surface area contributed by atoms with E-state index < -0.39 is 5.60 Å². The topological polar surface area (TPSA) is 65.5 Å². The lowest BCUT2D eigenvalue weighted by molar-refractivity contribution is -0.117. The second-order valence-corrected chi connectivity index (χ2v) is 6.93. The third-order valence-electron chi connectivity index (χ3n) is 3.25. The van der Waals surface area contributed by atoms with Crippen molar-refractivity contribution in [2.75, 3.05) is 25.0 Å². The maximum Gasteiger partial charge on any atom is 0.240 e. The van der Waals surface area contributed by atoms with Crippen molar-refractivity contribution in [3.8, 4) is 11.3 Å². The highest BCUT2D eigenvalue weighted by molar-refractivity contribution is 7.14. The van der Waals surface area contributed by atoms with Crippen LogP contribution in [0.25, 0.3) is 11.3 Å². The minimum absolute atomic E-state index is 0.120. The molecule has 23 heavy (non-hydrogen) atoms. The van der Waals surface area contributed by atoms with Crippen LogP contribution in [-0.2, 0) is 4.79 Å². The van der Waals surface area contributed by atoms with Crippen LogP contribution in [0.5, 0.6) is 0 Å². The highest BCUT2D eigenvalue weighted by atomic mass is 32.1. The number of carbonyl (C=O) groups excluding carboxylic acids is 1. The fraction of sp³-hybridized carbons (Fsp3) is 0.412. The Morgan fingerprint density at radius 1 is 1.35 bits per heavy atom. The first kappa shape index (κ1) is 17.6. The summed E-state index contributed by atoms with van der Waals surface area (Å²) in [5.41, 5.74) is 1.06. The van der Waals surface area contributed by atoms with Crippen LogP contribution >= 0.6 is 11.3 Å². The molecule has 0 saturated carbocycles. The molecule has 0 bridgehead atoms. The van der Waals surface area contributed by atoms with Gasteiger partial charge in [0.15, 0.2) is 5.13 Å². The second-order valence-electron chi connectivity index (χ2n) is 6.07. The van der Waals surface area contributed by atoms with Crippen LogP contribution in [0, 0.1) is 0 Å². The Morgan fingerprint density at radius 2 is 2.04 bits per heavy atom. The van der Waals surface area contributed by atoms with Crippen molar-refractivity contribution in [1.29, 1.82) is 0 Å². The summed E-state index contributed by atoms with van der Waals surface area (Å²) in [6, 6.07) is 9.86. The van der Waals surface area contributed by atoms with Gasteiger partial charge >= 0.3 is 0 Å². The van der Waals surface area contributed by atoms with Gasteiger partial charge in [0.25, 0.3) is 0 Å². The normalized spacial score (nSPS) is 11.7. The third kappa shape index (κ3) is 5.74. The molecule has 2 rings (SSSR count). The molecular formula is C17H23N3O2S. The Hall–Kier alpha value is -1.76. The largest absolute Gasteiger partial charge is 0.389 e. The average Bonchev–Trinajstić information content (AvgIpc) is 2.94. The Bertz CT molecular complexity index is 635. The van der Waals surface area contributed by atoms with E-state index in [1.54, 1.807) is 13.8 Å². The molecule has 1 amide bonds. The molecule has 6 heteroatoms. The highest BCUT2D eigenvalue weighted by Gasteiger charge is 2.19. The van der Waals surface area contributed by atoms with E-state index in [9.17, 15) is 9.90 Å². The lowest BCUT2D eigenvalue weighted by Gasteiger charge is -2.27. The number of likely N-dealkylation sites (N-methyl/N-ethyl adjacent to an activating group) is 1. The molecule has 2 aromatic rings. The van der Waals surface area contributed by atoms with Crippen molar-refractivity contribution in [2.24, 2.45) is 0 Å². The first-order chi connectivity index (χ1) is 10.9. The van der Waals surface area contributed by atoms with Gasteiger partial charge in [-0.15, -0.1) is 11.3 Å². The Kier molecular flexibility index (Phi) is 5.87. The Balaban J connectivity index is 1.94. The molecule has 124 valence electrons. The van der Waals surface area contributed by atoms with Crippen molar-refractivity contribution < 1.29 is 9.90 Å². The molecule has 0 atom stereocenters. The molecule has 1 heterocycles. The van der Waals surface area contributed by atoms with E-state index >= 15 is 0 Å². The summed E-state index contributed by atoms with van der Waals surface area (Å²) in [7, 11) is 0. The lowest BCUT2D eigenvalue weighted by Crippen LogP contribution is -2.42. The molecule has 0 aliphatic carbocycles. The smallest absolute Gasteiger partial charge is 0.240 e. The minimum atomic E-state index is -0.821. The lowest BCUT2D eigenvalue weighted by atomic mass is 10.1. The summed E-state index contributed by atoms with van der Waals surface area (Å²) in [6.07, 6.45) is 0. The number of nitrogens with zero attached hydrogens (tertiary/aromatic N) is 2. The van der Waals surface area contributed by atoms with Crippen molar-refractivity contribution in [2.45, 2.75) is 26.4 Å². The number of thiazole rings is 1. The summed E-state index contributed by atoms with van der Waals surface area (Å²) >= 11 is 1.41. The van der Waals surface area contributed by atoms with Crippen molar-refractivity contribution in [1.82, 2.24) is 9.88 Å². The predicted octanol–water partition coefficient (Wildman–Crippen LogP) is 2.84. The van der Waals surface area contributed by atoms with Crippen molar-refractivity contribution in [3.05, 3.63) is 35.7 Å². The molecule has 0 aliphatic heterocycles. The Morgan fingerprint density at radius 3 is 2.65 bits per heavy atom. The van der Waals surface area contributed by atoms with E-state index in [0.717, 1.165) is 11.3 Å². The van der Waals surface area contributed by atoms with Gasteiger partial charge in [0, 0.05) is 17.5 Å². The van der Waals surface area contributed by atoms with E-state index in [2.05, 4.69) is 10.3 Å². The molecule has 0 fully saturated rings. The summed E-state index contributed by atoms with van der Waals surface area (Å²) in [5.74, 6) is -0.120. The maximum absolute atomic E-state index is 12.1. The molecule has 1 aromatic carbocycles.